The number of phenols is 1. The number of benzene rings is 1. The van der Waals surface area contributed by atoms with Gasteiger partial charge in [-0.05, 0) is 36.6 Å². The van der Waals surface area contributed by atoms with E-state index < -0.39 is 56.8 Å². The summed E-state index contributed by atoms with van der Waals surface area (Å²) < 4.78 is 86.7. The van der Waals surface area contributed by atoms with E-state index in [1.807, 2.05) is 6.07 Å². The Kier molecular flexibility index (Phi) is 8.91. The van der Waals surface area contributed by atoms with E-state index in [1.54, 1.807) is 31.7 Å². The van der Waals surface area contributed by atoms with Gasteiger partial charge in [-0.1, -0.05) is 32.0 Å². The van der Waals surface area contributed by atoms with Gasteiger partial charge in [-0.15, -0.1) is 0 Å². The number of amides is 1. The number of piperazine rings is 1. The average molecular weight is 691 g/mol. The van der Waals surface area contributed by atoms with Gasteiger partial charge in [0.2, 0.25) is 11.7 Å². The monoisotopic (exact) mass is 690 g/mol. The van der Waals surface area contributed by atoms with Gasteiger partial charge in [-0.25, -0.2) is 13.8 Å². The Bertz CT molecular complexity index is 2120. The van der Waals surface area contributed by atoms with Crippen molar-refractivity contribution in [2.75, 3.05) is 31.1 Å². The summed E-state index contributed by atoms with van der Waals surface area (Å²) in [6.45, 7) is 9.19. The molecule has 1 amide bonds. The number of anilines is 1. The van der Waals surface area contributed by atoms with Crippen LogP contribution in [0.15, 0.2) is 35.8 Å². The Balaban J connectivity index is 1.95. The third kappa shape index (κ3) is 5.49. The van der Waals surface area contributed by atoms with Gasteiger partial charge in [0.1, 0.15) is 22.8 Å². The van der Waals surface area contributed by atoms with Gasteiger partial charge in [0.05, 0.1) is 33.3 Å². The van der Waals surface area contributed by atoms with Crippen LogP contribution < -0.4 is 10.5 Å². The maximum atomic E-state index is 15.5. The highest BCUT2D eigenvalue weighted by atomic mass is 35.5. The lowest BCUT2D eigenvalue weighted by Gasteiger charge is -2.36. The topological polar surface area (TPSA) is 115 Å². The normalized spacial score (nSPS) is 13.7. The number of nitrogens with zero attached hydrogens (tertiary/aromatic N) is 6. The summed E-state index contributed by atoms with van der Waals surface area (Å²) in [4.78, 5) is 38.3. The number of aryl methyl sites for hydroxylation is 1. The van der Waals surface area contributed by atoms with Crippen molar-refractivity contribution in [1.82, 2.24) is 19.4 Å². The number of aromatic nitrogens is 3. The lowest BCUT2D eigenvalue weighted by atomic mass is 10.0. The van der Waals surface area contributed by atoms with Crippen molar-refractivity contribution in [3.8, 4) is 28.8 Å². The number of rotatable bonds is 5. The Hall–Kier alpha value is -5.10. The number of carbonyl (C=O) groups excluding carboxylic acids is 1. The van der Waals surface area contributed by atoms with Gasteiger partial charge in [-0.3, -0.25) is 19.1 Å². The number of nitriles is 1. The molecule has 1 N–H and O–H groups in total. The summed E-state index contributed by atoms with van der Waals surface area (Å²) in [5, 5.41) is 20.1. The summed E-state index contributed by atoms with van der Waals surface area (Å²) in [5.74, 6) is -9.96. The highest BCUT2D eigenvalue weighted by Gasteiger charge is 2.43. The molecule has 1 aliphatic rings. The molecule has 4 aromatic rings. The van der Waals surface area contributed by atoms with Crippen molar-refractivity contribution in [2.24, 2.45) is 0 Å². The Morgan fingerprint density at radius 1 is 1.12 bits per heavy atom. The third-order valence-corrected chi connectivity index (χ3v) is 8.30. The summed E-state index contributed by atoms with van der Waals surface area (Å²) in [7, 11) is 0. The predicted molar refractivity (Wildman–Crippen MR) is 165 cm³/mol. The smallest absolute Gasteiger partial charge is 0.422 e. The molecule has 0 atom stereocenters. The van der Waals surface area contributed by atoms with Crippen LogP contribution in [-0.4, -0.2) is 56.6 Å². The Morgan fingerprint density at radius 3 is 2.33 bits per heavy atom. The molecule has 48 heavy (non-hydrogen) atoms. The first-order chi connectivity index (χ1) is 22.5. The van der Waals surface area contributed by atoms with Crippen LogP contribution >= 0.6 is 11.6 Å². The molecule has 5 rings (SSSR count). The maximum absolute atomic E-state index is 15.5. The van der Waals surface area contributed by atoms with Gasteiger partial charge in [0.15, 0.2) is 17.4 Å². The molecule has 250 valence electrons. The van der Waals surface area contributed by atoms with E-state index in [2.05, 4.69) is 16.5 Å². The number of halogens is 7. The van der Waals surface area contributed by atoms with E-state index in [1.165, 1.54) is 11.1 Å². The first-order valence-corrected chi connectivity index (χ1v) is 14.7. The Labute approximate surface area is 273 Å². The minimum absolute atomic E-state index is 0.000108. The van der Waals surface area contributed by atoms with Crippen LogP contribution in [0.5, 0.6) is 5.75 Å². The summed E-state index contributed by atoms with van der Waals surface area (Å²) in [6.07, 6.45) is -3.11. The van der Waals surface area contributed by atoms with Crippen LogP contribution in [-0.2, 0) is 11.0 Å². The quantitative estimate of drug-likeness (QED) is 0.147. The van der Waals surface area contributed by atoms with Crippen molar-refractivity contribution in [3.05, 3.63) is 86.2 Å². The molecule has 0 saturated carbocycles. The number of pyridine rings is 3. The minimum atomic E-state index is -5.73. The lowest BCUT2D eigenvalue weighted by Crippen LogP contribution is -2.49. The van der Waals surface area contributed by atoms with E-state index >= 15 is 4.39 Å². The SMILES string of the molecule is C=CC(=O)N1CCN(c2c(C#N)c(=O)n(-c3c(C)ccnc3C(C)C)c3nc(-c4c(O)c(F)c(F)c(C(F)(F)F)c4F)c(Cl)cc23)CC1. The second-order valence-corrected chi connectivity index (χ2v) is 11.6. The van der Waals surface area contributed by atoms with Gasteiger partial charge in [0.25, 0.3) is 5.56 Å². The number of aromatic hydroxyl groups is 1. The largest absolute Gasteiger partial charge is 0.504 e. The van der Waals surface area contributed by atoms with Crippen molar-refractivity contribution < 1.29 is 36.2 Å². The zero-order chi connectivity index (χ0) is 35.4. The predicted octanol–water partition coefficient (Wildman–Crippen LogP) is 6.38. The van der Waals surface area contributed by atoms with E-state index in [0.29, 0.717) is 11.3 Å². The zero-order valence-corrected chi connectivity index (χ0v) is 26.3. The van der Waals surface area contributed by atoms with Gasteiger partial charge in [-0.2, -0.15) is 22.8 Å². The lowest BCUT2D eigenvalue weighted by molar-refractivity contribution is -0.142. The molecule has 0 bridgehead atoms. The van der Waals surface area contributed by atoms with Crippen LogP contribution in [0.25, 0.3) is 28.0 Å². The minimum Gasteiger partial charge on any atom is -0.504 e. The first-order valence-electron chi connectivity index (χ1n) is 14.3. The Morgan fingerprint density at radius 2 is 1.77 bits per heavy atom. The van der Waals surface area contributed by atoms with E-state index in [0.717, 1.165) is 16.7 Å². The van der Waals surface area contributed by atoms with E-state index in [9.17, 15) is 41.9 Å². The van der Waals surface area contributed by atoms with Gasteiger partial charge >= 0.3 is 6.18 Å². The molecule has 1 saturated heterocycles. The van der Waals surface area contributed by atoms with E-state index in [-0.39, 0.29) is 66.0 Å². The van der Waals surface area contributed by atoms with Crippen LogP contribution in [0.4, 0.5) is 32.0 Å². The summed E-state index contributed by atoms with van der Waals surface area (Å²) in [6, 6.07) is 4.56. The van der Waals surface area contributed by atoms with Crippen LogP contribution in [0.1, 0.15) is 42.1 Å². The van der Waals surface area contributed by atoms with Gasteiger partial charge < -0.3 is 14.9 Å². The van der Waals surface area contributed by atoms with E-state index in [4.69, 9.17) is 11.6 Å². The zero-order valence-electron chi connectivity index (χ0n) is 25.5. The fourth-order valence-electron chi connectivity index (χ4n) is 5.76. The fraction of sp³-hybridized carbons (Fsp3) is 0.281. The number of alkyl halides is 3. The van der Waals surface area contributed by atoms with Crippen LogP contribution in [0, 0.1) is 35.7 Å². The molecule has 1 fully saturated rings. The molecule has 16 heteroatoms. The molecule has 1 aromatic carbocycles. The number of fused-ring (bicyclic) bond motifs is 1. The van der Waals surface area contributed by atoms with Crippen molar-refractivity contribution in [2.45, 2.75) is 32.9 Å². The number of carbonyl (C=O) groups is 1. The molecule has 3 aromatic heterocycles. The molecule has 1 aliphatic heterocycles. The standard InChI is InChI=1S/C32H25ClF6N6O3/c1-5-19(46)43-8-10-44(11-9-43)28-16-12-18(33)26(20-22(34)21(32(37,38)39)23(35)24(36)29(20)47)42-30(16)45(31(48)17(28)13-40)27-15(4)6-7-41-25(27)14(2)3/h5-7,12,14,47H,1,8-11H2,2-4H3. The van der Waals surface area contributed by atoms with Crippen molar-refractivity contribution in [3.63, 3.8) is 0 Å². The molecule has 0 aliphatic carbocycles. The second kappa shape index (κ2) is 12.5. The maximum Gasteiger partial charge on any atom is 0.422 e. The molecule has 9 nitrogen and oxygen atoms in total. The molecular formula is C32H25ClF6N6O3. The van der Waals surface area contributed by atoms with Gasteiger partial charge in [0, 0.05) is 37.8 Å². The molecule has 0 unspecified atom stereocenters. The first kappa shape index (κ1) is 34.2. The van der Waals surface area contributed by atoms with Crippen LogP contribution in [0.3, 0.4) is 0 Å². The third-order valence-electron chi connectivity index (χ3n) is 8.01. The van der Waals surface area contributed by atoms with Crippen molar-refractivity contribution in [1.29, 1.82) is 5.26 Å². The average Bonchev–Trinajstić information content (AvgIpc) is 3.03. The molecule has 0 spiro atoms. The highest BCUT2D eigenvalue weighted by Crippen LogP contribution is 2.46. The number of hydrogen-bond donors (Lipinski definition) is 1. The summed E-state index contributed by atoms with van der Waals surface area (Å²) >= 11 is 6.48. The fourth-order valence-corrected chi connectivity index (χ4v) is 6.00. The highest BCUT2D eigenvalue weighted by molar-refractivity contribution is 6.34. The van der Waals surface area contributed by atoms with Crippen LogP contribution in [0.2, 0.25) is 5.02 Å². The van der Waals surface area contributed by atoms with Crippen molar-refractivity contribution >= 4 is 34.2 Å². The number of phenolic OH excluding ortho intramolecular Hbond substituents is 1. The molecule has 4 heterocycles. The molecule has 0 radical (unpaired) electrons. The number of hydrogen-bond acceptors (Lipinski definition) is 7. The second-order valence-electron chi connectivity index (χ2n) is 11.2. The molecular weight excluding hydrogens is 666 g/mol. The summed E-state index contributed by atoms with van der Waals surface area (Å²) in [5.41, 5.74) is -5.77.